The van der Waals surface area contributed by atoms with Crippen LogP contribution in [0.15, 0.2) is 0 Å². The molecule has 0 aliphatic heterocycles. The van der Waals surface area contributed by atoms with Crippen LogP contribution >= 0.6 is 0 Å². The van der Waals surface area contributed by atoms with Gasteiger partial charge in [-0.1, -0.05) is 0 Å². The van der Waals surface area contributed by atoms with Crippen LogP contribution in [0.2, 0.25) is 0 Å². The summed E-state index contributed by atoms with van der Waals surface area (Å²) in [4.78, 5) is 8.44. The van der Waals surface area contributed by atoms with E-state index in [0.29, 0.717) is 0 Å². The molecule has 0 saturated heterocycles. The van der Waals surface area contributed by atoms with Gasteiger partial charge in [0.15, 0.2) is 0 Å². The van der Waals surface area contributed by atoms with Gasteiger partial charge in [-0.2, -0.15) is 0 Å². The Morgan fingerprint density at radius 2 is 1.50 bits per heavy atom. The molecule has 0 aliphatic carbocycles. The Morgan fingerprint density at radius 1 is 1.50 bits per heavy atom. The van der Waals surface area contributed by atoms with Crippen molar-refractivity contribution in [2.45, 2.75) is 0 Å². The Kier molecular flexibility index (Phi) is 116. The van der Waals surface area contributed by atoms with E-state index >= 15 is 0 Å². The third-order valence-corrected chi connectivity index (χ3v) is 0. The molecule has 0 aliphatic rings. The first kappa shape index (κ1) is 37.2. The Morgan fingerprint density at radius 3 is 1.50 bits per heavy atom. The van der Waals surface area contributed by atoms with Crippen molar-refractivity contribution in [3.8, 4) is 0 Å². The summed E-state index contributed by atoms with van der Waals surface area (Å²) in [5.41, 5.74) is 0. The van der Waals surface area contributed by atoms with E-state index in [1.165, 1.54) is 0 Å². The molecule has 7 heteroatoms. The van der Waals surface area contributed by atoms with E-state index < -0.39 is 6.16 Å². The fourth-order valence-electron chi connectivity index (χ4n) is 0. The average Bonchev–Trinajstić information content (AvgIpc) is 0.811. The normalized spacial score (nSPS) is 3.00. The molecule has 0 aromatic carbocycles. The Hall–Kier alpha value is 0.787. The number of hydrogen-bond donors (Lipinski definition) is 1. The molecule has 0 rings (SSSR count). The minimum absolute atomic E-state index is 0. The zero-order chi connectivity index (χ0) is 3.58. The zero-order valence-corrected chi connectivity index (χ0v) is 6.71. The summed E-state index contributed by atoms with van der Waals surface area (Å²) in [6.07, 6.45) is -2.08. The van der Waals surface area contributed by atoms with Gasteiger partial charge in [0.05, 0.1) is 0 Å². The van der Waals surface area contributed by atoms with Crippen molar-refractivity contribution in [2.75, 3.05) is 0 Å². The SMILES string of the molecule is O.O=C([O-])O.[Li+].[Na+].[OH-]. The van der Waals surface area contributed by atoms with Crippen molar-refractivity contribution in [1.82, 2.24) is 0 Å². The molecule has 5 nitrogen and oxygen atoms in total. The van der Waals surface area contributed by atoms with Crippen LogP contribution in [0.3, 0.4) is 0 Å². The molecular weight excluding hydrogens is 122 g/mol. The maximum atomic E-state index is 8.44. The van der Waals surface area contributed by atoms with Gasteiger partial charge in [-0.3, -0.25) is 0 Å². The van der Waals surface area contributed by atoms with Crippen LogP contribution in [0.25, 0.3) is 0 Å². The number of hydrogen-bond acceptors (Lipinski definition) is 3. The van der Waals surface area contributed by atoms with Gasteiger partial charge in [-0.05, 0) is 0 Å². The van der Waals surface area contributed by atoms with Crippen LogP contribution in [0.5, 0.6) is 0 Å². The van der Waals surface area contributed by atoms with E-state index in [1.54, 1.807) is 0 Å². The van der Waals surface area contributed by atoms with E-state index in [1.807, 2.05) is 0 Å². The molecule has 0 aromatic heterocycles. The Balaban J connectivity index is -0.00000000750. The quantitative estimate of drug-likeness (QED) is 0.323. The van der Waals surface area contributed by atoms with Crippen molar-refractivity contribution in [3.63, 3.8) is 0 Å². The second kappa shape index (κ2) is 25.0. The predicted octanol–water partition coefficient (Wildman–Crippen LogP) is -8.11. The fraction of sp³-hybridized carbons (Fsp3) is 0. The summed E-state index contributed by atoms with van der Waals surface area (Å²) < 4.78 is 0. The number of carboxylic acid groups (broad SMARTS) is 2. The summed E-state index contributed by atoms with van der Waals surface area (Å²) >= 11 is 0. The average molecular weight is 126 g/mol. The van der Waals surface area contributed by atoms with E-state index in [2.05, 4.69) is 0 Å². The van der Waals surface area contributed by atoms with Gasteiger partial charge < -0.3 is 26.0 Å². The molecule has 0 aromatic rings. The predicted molar refractivity (Wildman–Crippen MR) is 13.6 cm³/mol. The summed E-state index contributed by atoms with van der Waals surface area (Å²) in [5, 5.41) is 15.3. The molecular formula is CH4LiNaO5. The maximum absolute atomic E-state index is 8.44. The van der Waals surface area contributed by atoms with Crippen molar-refractivity contribution < 1.29 is 74.4 Å². The first-order chi connectivity index (χ1) is 1.73. The monoisotopic (exact) mass is 126 g/mol. The van der Waals surface area contributed by atoms with Crippen molar-refractivity contribution >= 4 is 6.16 Å². The van der Waals surface area contributed by atoms with Gasteiger partial charge >= 0.3 is 48.4 Å². The molecule has 0 unspecified atom stereocenters. The third kappa shape index (κ3) is 367. The molecule has 0 amide bonds. The van der Waals surface area contributed by atoms with Crippen LogP contribution in [0, 0.1) is 0 Å². The molecule has 40 valence electrons. The Labute approximate surface area is 80.2 Å². The fourth-order valence-corrected chi connectivity index (χ4v) is 0. The minimum atomic E-state index is -2.08. The first-order valence-corrected chi connectivity index (χ1v) is 0.632. The second-order valence-electron chi connectivity index (χ2n) is 0.266. The molecule has 4 N–H and O–H groups in total. The summed E-state index contributed by atoms with van der Waals surface area (Å²) in [7, 11) is 0. The van der Waals surface area contributed by atoms with Gasteiger partial charge in [0.1, 0.15) is 0 Å². The van der Waals surface area contributed by atoms with Gasteiger partial charge in [-0.15, -0.1) is 0 Å². The van der Waals surface area contributed by atoms with Gasteiger partial charge in [0, 0.05) is 0 Å². The van der Waals surface area contributed by atoms with Gasteiger partial charge in [-0.25, -0.2) is 0 Å². The van der Waals surface area contributed by atoms with E-state index in [4.69, 9.17) is 15.0 Å². The largest absolute Gasteiger partial charge is 1.00 e. The van der Waals surface area contributed by atoms with Crippen LogP contribution in [-0.2, 0) is 0 Å². The molecule has 0 atom stereocenters. The van der Waals surface area contributed by atoms with E-state index in [-0.39, 0.29) is 59.4 Å². The Bertz CT molecular complexity index is 35.4. The molecule has 0 fully saturated rings. The van der Waals surface area contributed by atoms with Crippen molar-refractivity contribution in [2.24, 2.45) is 0 Å². The standard InChI is InChI=1S/CH2O3.Li.Na.2H2O/c2-1(3)4;;;;/h(H2,2,3,4);;;2*1H2/q;2*+1;;/p-2. The number of rotatable bonds is 0. The smallest absolute Gasteiger partial charge is 0.870 e. The zero-order valence-electron chi connectivity index (χ0n) is 4.71. The van der Waals surface area contributed by atoms with Gasteiger partial charge in [0.25, 0.3) is 0 Å². The summed E-state index contributed by atoms with van der Waals surface area (Å²) in [5.74, 6) is 0. The van der Waals surface area contributed by atoms with Gasteiger partial charge in [0.2, 0.25) is 6.16 Å². The molecule has 0 saturated carbocycles. The topological polar surface area (TPSA) is 122 Å². The second-order valence-corrected chi connectivity index (χ2v) is 0.266. The third-order valence-electron chi connectivity index (χ3n) is 0. The van der Waals surface area contributed by atoms with Crippen molar-refractivity contribution in [1.29, 1.82) is 0 Å². The first-order valence-electron chi connectivity index (χ1n) is 0.632. The van der Waals surface area contributed by atoms with Crippen LogP contribution in [0.4, 0.5) is 4.79 Å². The molecule has 0 spiro atoms. The van der Waals surface area contributed by atoms with Crippen LogP contribution in [0.1, 0.15) is 0 Å². The van der Waals surface area contributed by atoms with Crippen molar-refractivity contribution in [3.05, 3.63) is 0 Å². The molecule has 8 heavy (non-hydrogen) atoms. The van der Waals surface area contributed by atoms with Crippen LogP contribution < -0.4 is 53.5 Å². The molecule has 0 heterocycles. The van der Waals surface area contributed by atoms with E-state index in [9.17, 15) is 0 Å². The molecule has 0 bridgehead atoms. The maximum Gasteiger partial charge on any atom is 1.00 e. The summed E-state index contributed by atoms with van der Waals surface area (Å²) in [6.45, 7) is 0. The van der Waals surface area contributed by atoms with Crippen LogP contribution in [-0.4, -0.2) is 22.2 Å². The minimum Gasteiger partial charge on any atom is -0.870 e. The number of carbonyl (C=O) groups is 1. The molecule has 0 radical (unpaired) electrons. The summed E-state index contributed by atoms with van der Waals surface area (Å²) in [6, 6.07) is 0. The van der Waals surface area contributed by atoms with E-state index in [0.717, 1.165) is 0 Å².